The predicted molar refractivity (Wildman–Crippen MR) is 56.5 cm³/mol. The smallest absolute Gasteiger partial charge is 0.321 e. The Bertz CT molecular complexity index is 293. The molecule has 1 aromatic heterocycles. The van der Waals surface area contributed by atoms with Crippen molar-refractivity contribution in [2.24, 2.45) is 0 Å². The Morgan fingerprint density at radius 3 is 2.93 bits per heavy atom. The highest BCUT2D eigenvalue weighted by Gasteiger charge is 2.17. The topological polar surface area (TPSA) is 54.0 Å². The van der Waals surface area contributed by atoms with Crippen LogP contribution in [0.4, 0.5) is 9.93 Å². The van der Waals surface area contributed by atoms with Crippen molar-refractivity contribution in [2.75, 3.05) is 5.32 Å². The maximum absolute atomic E-state index is 11.4. The van der Waals surface area contributed by atoms with Crippen LogP contribution in [-0.2, 0) is 0 Å². The minimum Gasteiger partial charge on any atom is -0.335 e. The molecule has 2 N–H and O–H groups in total. The molecule has 4 nitrogen and oxygen atoms in total. The second-order valence-corrected chi connectivity index (χ2v) is 4.31. The van der Waals surface area contributed by atoms with Crippen molar-refractivity contribution >= 4 is 22.5 Å². The largest absolute Gasteiger partial charge is 0.335 e. The van der Waals surface area contributed by atoms with E-state index in [1.807, 2.05) is 5.38 Å². The van der Waals surface area contributed by atoms with Crippen molar-refractivity contribution in [1.29, 1.82) is 0 Å². The second kappa shape index (κ2) is 4.41. The summed E-state index contributed by atoms with van der Waals surface area (Å²) in [5.74, 6) is 0. The van der Waals surface area contributed by atoms with Crippen molar-refractivity contribution < 1.29 is 4.79 Å². The third-order valence-corrected chi connectivity index (χ3v) is 3.03. The first-order chi connectivity index (χ1) is 6.84. The number of anilines is 1. The molecule has 0 aromatic carbocycles. The average molecular weight is 211 g/mol. The van der Waals surface area contributed by atoms with Gasteiger partial charge in [0.2, 0.25) is 0 Å². The zero-order chi connectivity index (χ0) is 9.80. The molecule has 1 aliphatic rings. The predicted octanol–water partition coefficient (Wildman–Crippen LogP) is 2.21. The first kappa shape index (κ1) is 9.45. The molecule has 14 heavy (non-hydrogen) atoms. The second-order valence-electron chi connectivity index (χ2n) is 3.42. The Kier molecular flexibility index (Phi) is 2.98. The Balaban J connectivity index is 1.78. The number of nitrogens with one attached hydrogen (secondary N) is 2. The summed E-state index contributed by atoms with van der Waals surface area (Å²) in [7, 11) is 0. The number of amides is 2. The van der Waals surface area contributed by atoms with Gasteiger partial charge in [-0.05, 0) is 12.8 Å². The van der Waals surface area contributed by atoms with Gasteiger partial charge in [-0.25, -0.2) is 9.78 Å². The van der Waals surface area contributed by atoms with Crippen LogP contribution in [0.2, 0.25) is 0 Å². The number of nitrogens with zero attached hydrogens (tertiary/aromatic N) is 1. The number of thiazole rings is 1. The fourth-order valence-electron chi connectivity index (χ4n) is 1.67. The Labute approximate surface area is 86.7 Å². The Morgan fingerprint density at radius 2 is 2.29 bits per heavy atom. The number of carbonyl (C=O) groups excluding carboxylic acids is 1. The molecule has 1 heterocycles. The number of hydrogen-bond donors (Lipinski definition) is 2. The standard InChI is InChI=1S/C9H13N3OS/c13-8(11-7-3-1-2-4-7)12-9-10-5-6-14-9/h5-7H,1-4H2,(H2,10,11,12,13). The van der Waals surface area contributed by atoms with Crippen LogP contribution in [-0.4, -0.2) is 17.1 Å². The maximum Gasteiger partial charge on any atom is 0.321 e. The molecule has 5 heteroatoms. The first-order valence-corrected chi connectivity index (χ1v) is 5.69. The lowest BCUT2D eigenvalue weighted by molar-refractivity contribution is 0.248. The molecule has 1 saturated carbocycles. The Hall–Kier alpha value is -1.10. The lowest BCUT2D eigenvalue weighted by atomic mass is 10.3. The molecule has 0 radical (unpaired) electrons. The molecule has 1 aliphatic carbocycles. The lowest BCUT2D eigenvalue weighted by Crippen LogP contribution is -2.36. The van der Waals surface area contributed by atoms with Crippen LogP contribution in [0.25, 0.3) is 0 Å². The van der Waals surface area contributed by atoms with Crippen LogP contribution < -0.4 is 10.6 Å². The third kappa shape index (κ3) is 2.45. The summed E-state index contributed by atoms with van der Waals surface area (Å²) in [5, 5.41) is 8.13. The van der Waals surface area contributed by atoms with Crippen LogP contribution in [0.5, 0.6) is 0 Å². The van der Waals surface area contributed by atoms with E-state index in [0.29, 0.717) is 11.2 Å². The van der Waals surface area contributed by atoms with E-state index in [1.54, 1.807) is 6.20 Å². The van der Waals surface area contributed by atoms with Crippen molar-refractivity contribution in [3.8, 4) is 0 Å². The highest BCUT2D eigenvalue weighted by molar-refractivity contribution is 7.13. The van der Waals surface area contributed by atoms with Crippen molar-refractivity contribution in [3.63, 3.8) is 0 Å². The average Bonchev–Trinajstić information content (AvgIpc) is 2.76. The van der Waals surface area contributed by atoms with Gasteiger partial charge in [0.05, 0.1) is 0 Å². The summed E-state index contributed by atoms with van der Waals surface area (Å²) in [6.07, 6.45) is 6.33. The van der Waals surface area contributed by atoms with Gasteiger partial charge in [0, 0.05) is 17.6 Å². The summed E-state index contributed by atoms with van der Waals surface area (Å²) in [5.41, 5.74) is 0. The van der Waals surface area contributed by atoms with Crippen LogP contribution in [0.3, 0.4) is 0 Å². The van der Waals surface area contributed by atoms with Crippen LogP contribution in [0.1, 0.15) is 25.7 Å². The van der Waals surface area contributed by atoms with Gasteiger partial charge in [-0.1, -0.05) is 12.8 Å². The van der Waals surface area contributed by atoms with E-state index in [2.05, 4.69) is 15.6 Å². The lowest BCUT2D eigenvalue weighted by Gasteiger charge is -2.11. The number of rotatable bonds is 2. The molecule has 0 atom stereocenters. The van der Waals surface area contributed by atoms with Gasteiger partial charge in [0.15, 0.2) is 5.13 Å². The monoisotopic (exact) mass is 211 g/mol. The highest BCUT2D eigenvalue weighted by atomic mass is 32.1. The quantitative estimate of drug-likeness (QED) is 0.788. The van der Waals surface area contributed by atoms with E-state index < -0.39 is 0 Å². The fraction of sp³-hybridized carbons (Fsp3) is 0.556. The third-order valence-electron chi connectivity index (χ3n) is 2.34. The fourth-order valence-corrected chi connectivity index (χ4v) is 2.20. The molecule has 1 fully saturated rings. The number of carbonyl (C=O) groups is 1. The molecule has 2 rings (SSSR count). The van der Waals surface area contributed by atoms with E-state index >= 15 is 0 Å². The summed E-state index contributed by atoms with van der Waals surface area (Å²) in [6, 6.07) is 0.224. The van der Waals surface area contributed by atoms with E-state index in [0.717, 1.165) is 12.8 Å². The van der Waals surface area contributed by atoms with Gasteiger partial charge in [-0.15, -0.1) is 11.3 Å². The van der Waals surface area contributed by atoms with E-state index in [-0.39, 0.29) is 6.03 Å². The zero-order valence-corrected chi connectivity index (χ0v) is 8.64. The van der Waals surface area contributed by atoms with E-state index in [4.69, 9.17) is 0 Å². The van der Waals surface area contributed by atoms with Gasteiger partial charge in [0.25, 0.3) is 0 Å². The van der Waals surface area contributed by atoms with Crippen LogP contribution in [0.15, 0.2) is 11.6 Å². The first-order valence-electron chi connectivity index (χ1n) is 4.81. The van der Waals surface area contributed by atoms with E-state index in [1.165, 1.54) is 24.2 Å². The van der Waals surface area contributed by atoms with Crippen molar-refractivity contribution in [2.45, 2.75) is 31.7 Å². The minimum atomic E-state index is -0.133. The molecule has 1 aromatic rings. The van der Waals surface area contributed by atoms with Crippen molar-refractivity contribution in [3.05, 3.63) is 11.6 Å². The molecule has 0 aliphatic heterocycles. The summed E-state index contributed by atoms with van der Waals surface area (Å²) < 4.78 is 0. The van der Waals surface area contributed by atoms with Gasteiger partial charge in [0.1, 0.15) is 0 Å². The molecule has 76 valence electrons. The summed E-state index contributed by atoms with van der Waals surface area (Å²) in [4.78, 5) is 15.4. The number of aromatic nitrogens is 1. The number of urea groups is 1. The van der Waals surface area contributed by atoms with E-state index in [9.17, 15) is 4.79 Å². The van der Waals surface area contributed by atoms with Gasteiger partial charge in [-0.2, -0.15) is 0 Å². The molecule has 0 spiro atoms. The van der Waals surface area contributed by atoms with Crippen LogP contribution in [0, 0.1) is 0 Å². The summed E-state index contributed by atoms with van der Waals surface area (Å²) in [6.45, 7) is 0. The molecule has 0 saturated heterocycles. The van der Waals surface area contributed by atoms with Gasteiger partial charge in [-0.3, -0.25) is 5.32 Å². The van der Waals surface area contributed by atoms with Gasteiger partial charge >= 0.3 is 6.03 Å². The SMILES string of the molecule is O=C(Nc1nccs1)NC1CCCC1. The normalized spacial score (nSPS) is 16.9. The Morgan fingerprint density at radius 1 is 1.50 bits per heavy atom. The minimum absolute atomic E-state index is 0.133. The molecule has 2 amide bonds. The molecule has 0 unspecified atom stereocenters. The highest BCUT2D eigenvalue weighted by Crippen LogP contribution is 2.18. The number of hydrogen-bond acceptors (Lipinski definition) is 3. The molecular weight excluding hydrogens is 198 g/mol. The van der Waals surface area contributed by atoms with Gasteiger partial charge < -0.3 is 5.32 Å². The molecule has 0 bridgehead atoms. The maximum atomic E-state index is 11.4. The summed E-state index contributed by atoms with van der Waals surface area (Å²) >= 11 is 1.43. The van der Waals surface area contributed by atoms with Crippen LogP contribution >= 0.6 is 11.3 Å². The zero-order valence-electron chi connectivity index (χ0n) is 7.82. The molecular formula is C9H13N3OS. The van der Waals surface area contributed by atoms with Crippen molar-refractivity contribution in [1.82, 2.24) is 10.3 Å².